The van der Waals surface area contributed by atoms with Crippen molar-refractivity contribution in [2.45, 2.75) is 11.6 Å². The highest BCUT2D eigenvalue weighted by Crippen LogP contribution is 2.28. The van der Waals surface area contributed by atoms with Gasteiger partial charge in [-0.05, 0) is 12.1 Å². The SMILES string of the molecule is [CH3][Al]([CH3])[O]c1ccc([B-](c2c(F)c(F)c(F)c(F)c2F)(c2c(F)c(F)c(F)c(F)c2F)c2c(F)c(F)c(F)c(F)c2F)cc1. The van der Waals surface area contributed by atoms with Crippen molar-refractivity contribution in [2.75, 3.05) is 0 Å². The van der Waals surface area contributed by atoms with Gasteiger partial charge in [0.15, 0.2) is 52.4 Å². The smallest absolute Gasteiger partial charge is 0.539 e. The molecule has 0 aliphatic carbocycles. The van der Waals surface area contributed by atoms with Crippen molar-refractivity contribution in [1.82, 2.24) is 0 Å². The van der Waals surface area contributed by atoms with Gasteiger partial charge in [-0.2, -0.15) is 5.46 Å². The van der Waals surface area contributed by atoms with Crippen LogP contribution in [-0.2, 0) is 0 Å². The van der Waals surface area contributed by atoms with Gasteiger partial charge in [0.2, 0.25) is 0 Å². The molecule has 0 aliphatic heterocycles. The Kier molecular flexibility index (Phi) is 8.75. The molecule has 18 heteroatoms. The summed E-state index contributed by atoms with van der Waals surface area (Å²) < 4.78 is 228. The molecule has 0 aromatic heterocycles. The maximum atomic E-state index is 15.6. The van der Waals surface area contributed by atoms with Gasteiger partial charge in [0.25, 0.3) is 0 Å². The quantitative estimate of drug-likeness (QED) is 0.110. The van der Waals surface area contributed by atoms with E-state index in [1.807, 2.05) is 0 Å². The minimum atomic E-state index is -5.80. The van der Waals surface area contributed by atoms with E-state index in [1.54, 1.807) is 11.6 Å². The summed E-state index contributed by atoms with van der Waals surface area (Å²) in [5, 5.41) is 0. The predicted octanol–water partition coefficient (Wildman–Crippen LogP) is 5.78. The van der Waals surface area contributed by atoms with Crippen LogP contribution in [0.4, 0.5) is 65.9 Å². The summed E-state index contributed by atoms with van der Waals surface area (Å²) in [5.74, 6) is -42.7. The lowest BCUT2D eigenvalue weighted by Crippen LogP contribution is -2.79. The molecule has 0 N–H and O–H groups in total. The Hall–Kier alpha value is -3.77. The van der Waals surface area contributed by atoms with Gasteiger partial charge in [-0.1, -0.05) is 23.7 Å². The lowest BCUT2D eigenvalue weighted by atomic mass is 9.12. The maximum absolute atomic E-state index is 15.6. The normalized spacial score (nSPS) is 11.8. The van der Waals surface area contributed by atoms with Crippen molar-refractivity contribution in [3.8, 4) is 5.75 Å². The van der Waals surface area contributed by atoms with Crippen LogP contribution in [0.3, 0.4) is 0 Å². The van der Waals surface area contributed by atoms with Gasteiger partial charge < -0.3 is 3.79 Å². The first-order valence-electron chi connectivity index (χ1n) is 11.9. The van der Waals surface area contributed by atoms with Crippen molar-refractivity contribution in [3.05, 3.63) is 112 Å². The van der Waals surface area contributed by atoms with Gasteiger partial charge in [-0.15, -0.1) is 16.4 Å². The first kappa shape index (κ1) is 33.1. The Morgan fingerprint density at radius 3 is 0.841 bits per heavy atom. The third-order valence-corrected chi connectivity index (χ3v) is 7.53. The van der Waals surface area contributed by atoms with Crippen LogP contribution in [-0.4, -0.2) is 20.6 Å². The van der Waals surface area contributed by atoms with Gasteiger partial charge in [-0.3, -0.25) is 0 Å². The Labute approximate surface area is 241 Å². The van der Waals surface area contributed by atoms with E-state index < -0.39 is 130 Å². The molecule has 0 saturated heterocycles. The Morgan fingerprint density at radius 2 is 0.614 bits per heavy atom. The second-order valence-corrected chi connectivity index (χ2v) is 11.9. The molecule has 0 saturated carbocycles. The molecule has 0 fully saturated rings. The van der Waals surface area contributed by atoms with E-state index in [0.717, 1.165) is 12.1 Å². The Bertz CT molecular complexity index is 1570. The number of hydrogen-bond donors (Lipinski definition) is 0. The summed E-state index contributed by atoms with van der Waals surface area (Å²) in [6, 6.07) is 2.23. The molecule has 232 valence electrons. The van der Waals surface area contributed by atoms with Crippen LogP contribution < -0.4 is 25.6 Å². The van der Waals surface area contributed by atoms with Gasteiger partial charge in [0.05, 0.1) is 5.75 Å². The lowest BCUT2D eigenvalue weighted by molar-refractivity contribution is 0.380. The first-order valence-corrected chi connectivity index (χ1v) is 14.7. The number of rotatable bonds is 6. The van der Waals surface area contributed by atoms with E-state index in [4.69, 9.17) is 3.79 Å². The fraction of sp³-hybridized carbons (Fsp3) is 0.0769. The molecular formula is C26H10AlBF15O-. The predicted molar refractivity (Wildman–Crippen MR) is 128 cm³/mol. The van der Waals surface area contributed by atoms with Crippen LogP contribution in [0.25, 0.3) is 0 Å². The largest absolute Gasteiger partial charge is 0.643 e. The van der Waals surface area contributed by atoms with Crippen LogP contribution in [0.1, 0.15) is 0 Å². The van der Waals surface area contributed by atoms with Crippen molar-refractivity contribution >= 4 is 42.5 Å². The van der Waals surface area contributed by atoms with Crippen molar-refractivity contribution in [3.63, 3.8) is 0 Å². The van der Waals surface area contributed by atoms with Crippen LogP contribution >= 0.6 is 0 Å². The van der Waals surface area contributed by atoms with Gasteiger partial charge >= 0.3 is 14.5 Å². The summed E-state index contributed by atoms with van der Waals surface area (Å²) >= 11 is -2.02. The summed E-state index contributed by atoms with van der Waals surface area (Å²) in [4.78, 5) is 0. The standard InChI is InChI=1S/C24H5BF15O.2CH3.Al/c26-10-7(11(27)17(33)22(38)16(10)32)25(5-1-3-6(41)4-2-5,8-12(28)18(34)23(39)19(35)13(8)29)9-14(30)20(36)24(40)21(37)15(9)31;;;/h1-4,41H;2*1H3;/q-1;;;+1/p-1. The minimum absolute atomic E-state index is 0.202. The highest BCUT2D eigenvalue weighted by atomic mass is 27.2. The van der Waals surface area contributed by atoms with Crippen LogP contribution in [0.2, 0.25) is 11.6 Å². The van der Waals surface area contributed by atoms with E-state index in [2.05, 4.69) is 0 Å². The van der Waals surface area contributed by atoms with E-state index in [0.29, 0.717) is 12.1 Å². The molecule has 0 aliphatic rings. The zero-order valence-electron chi connectivity index (χ0n) is 21.5. The third kappa shape index (κ3) is 4.69. The highest BCUT2D eigenvalue weighted by Gasteiger charge is 2.49. The monoisotopic (exact) mass is 661 g/mol. The molecule has 4 aromatic carbocycles. The summed E-state index contributed by atoms with van der Waals surface area (Å²) in [5.41, 5.74) is -9.52. The highest BCUT2D eigenvalue weighted by molar-refractivity contribution is 7.20. The molecule has 0 amide bonds. The molecule has 44 heavy (non-hydrogen) atoms. The van der Waals surface area contributed by atoms with Crippen molar-refractivity contribution in [2.24, 2.45) is 0 Å². The lowest BCUT2D eigenvalue weighted by Gasteiger charge is -2.44. The Balaban J connectivity index is 2.49. The summed E-state index contributed by atoms with van der Waals surface area (Å²) in [7, 11) is 0. The maximum Gasteiger partial charge on any atom is 0.539 e. The van der Waals surface area contributed by atoms with E-state index in [-0.39, 0.29) is 5.75 Å². The molecule has 4 rings (SSSR count). The van der Waals surface area contributed by atoms with Gasteiger partial charge in [0.1, 0.15) is 41.0 Å². The number of halogens is 15. The zero-order valence-corrected chi connectivity index (χ0v) is 22.7. The Morgan fingerprint density at radius 1 is 0.386 bits per heavy atom. The number of benzene rings is 4. The molecule has 0 unspecified atom stereocenters. The first-order chi connectivity index (χ1) is 20.4. The fourth-order valence-corrected chi connectivity index (χ4v) is 5.75. The molecule has 0 atom stereocenters. The van der Waals surface area contributed by atoms with Gasteiger partial charge in [-0.25, -0.2) is 65.9 Å². The van der Waals surface area contributed by atoms with E-state index in [1.165, 1.54) is 0 Å². The molecule has 0 bridgehead atoms. The molecule has 0 heterocycles. The second-order valence-electron chi connectivity index (χ2n) is 9.55. The van der Waals surface area contributed by atoms with Crippen LogP contribution in [0, 0.1) is 87.3 Å². The third-order valence-electron chi connectivity index (χ3n) is 6.78. The minimum Gasteiger partial charge on any atom is -0.643 e. The molecule has 1 nitrogen and oxygen atoms in total. The van der Waals surface area contributed by atoms with Crippen molar-refractivity contribution < 1.29 is 69.6 Å². The molecular weight excluding hydrogens is 651 g/mol. The van der Waals surface area contributed by atoms with E-state index in [9.17, 15) is 39.5 Å². The van der Waals surface area contributed by atoms with E-state index >= 15 is 26.3 Å². The van der Waals surface area contributed by atoms with Gasteiger partial charge in [0, 0.05) is 0 Å². The second kappa shape index (κ2) is 11.6. The van der Waals surface area contributed by atoms with Crippen LogP contribution in [0.5, 0.6) is 5.75 Å². The molecule has 4 aromatic rings. The average Bonchev–Trinajstić information content (AvgIpc) is 2.98. The fourth-order valence-electron chi connectivity index (χ4n) is 5.05. The molecule has 0 radical (unpaired) electrons. The van der Waals surface area contributed by atoms with Crippen LogP contribution in [0.15, 0.2) is 24.3 Å². The average molecular weight is 661 g/mol. The zero-order chi connectivity index (χ0) is 33.2. The molecule has 0 spiro atoms. The summed E-state index contributed by atoms with van der Waals surface area (Å²) in [6.07, 6.45) is -5.80. The number of hydrogen-bond acceptors (Lipinski definition) is 1. The topological polar surface area (TPSA) is 9.23 Å². The van der Waals surface area contributed by atoms with Crippen molar-refractivity contribution in [1.29, 1.82) is 0 Å². The summed E-state index contributed by atoms with van der Waals surface area (Å²) in [6.45, 7) is 0.